The third-order valence-corrected chi connectivity index (χ3v) is 3.35. The summed E-state index contributed by atoms with van der Waals surface area (Å²) < 4.78 is 5.13. The lowest BCUT2D eigenvalue weighted by molar-refractivity contribution is 0.0527. The van der Waals surface area contributed by atoms with Gasteiger partial charge in [0, 0.05) is 37.9 Å². The van der Waals surface area contributed by atoms with Crippen LogP contribution in [0.25, 0.3) is 0 Å². The molecule has 0 atom stereocenters. The molecule has 0 saturated heterocycles. The first-order chi connectivity index (χ1) is 11.2. The smallest absolute Gasteiger partial charge is 0.407 e. The summed E-state index contributed by atoms with van der Waals surface area (Å²) in [5.74, 6) is -0.113. The molecule has 2 N–H and O–H groups in total. The maximum atomic E-state index is 12.0. The average molecular weight is 335 g/mol. The number of anilines is 1. The van der Waals surface area contributed by atoms with E-state index < -0.39 is 11.7 Å². The zero-order valence-electron chi connectivity index (χ0n) is 15.3. The molecule has 1 aromatic carbocycles. The van der Waals surface area contributed by atoms with E-state index in [-0.39, 0.29) is 5.91 Å². The summed E-state index contributed by atoms with van der Waals surface area (Å²) >= 11 is 0. The highest BCUT2D eigenvalue weighted by atomic mass is 16.6. The summed E-state index contributed by atoms with van der Waals surface area (Å²) in [7, 11) is 2.01. The van der Waals surface area contributed by atoms with Crippen LogP contribution >= 0.6 is 0 Å². The number of ether oxygens (including phenoxy) is 1. The molecule has 0 aliphatic rings. The number of nitrogens with zero attached hydrogens (tertiary/aromatic N) is 1. The third kappa shape index (κ3) is 7.35. The van der Waals surface area contributed by atoms with Gasteiger partial charge >= 0.3 is 6.09 Å². The fourth-order valence-corrected chi connectivity index (χ4v) is 1.95. The zero-order chi connectivity index (χ0) is 18.2. The van der Waals surface area contributed by atoms with Gasteiger partial charge in [0.1, 0.15) is 5.60 Å². The number of carbonyl (C=O) groups is 2. The van der Waals surface area contributed by atoms with Crippen LogP contribution in [-0.4, -0.2) is 44.3 Å². The molecule has 0 aromatic heterocycles. The quantitative estimate of drug-likeness (QED) is 0.752. The standard InChI is InChI=1S/C18H29N3O3/c1-6-21(5)15-10-8-14(9-11-15)16(22)19-12-7-13-20-17(23)24-18(2,3)4/h8-11H,6-7,12-13H2,1-5H3,(H,19,22)(H,20,23). The number of alkyl carbamates (subject to hydrolysis) is 1. The van der Waals surface area contributed by atoms with E-state index in [1.54, 1.807) is 0 Å². The van der Waals surface area contributed by atoms with Gasteiger partial charge < -0.3 is 20.3 Å². The molecule has 0 unspecified atom stereocenters. The molecule has 6 nitrogen and oxygen atoms in total. The Labute approximate surface area is 144 Å². The second kappa shape index (κ2) is 9.15. The summed E-state index contributed by atoms with van der Waals surface area (Å²) in [5.41, 5.74) is 1.20. The van der Waals surface area contributed by atoms with Gasteiger partial charge in [0.25, 0.3) is 5.91 Å². The van der Waals surface area contributed by atoms with Crippen LogP contribution in [0.5, 0.6) is 0 Å². The molecule has 24 heavy (non-hydrogen) atoms. The van der Waals surface area contributed by atoms with Gasteiger partial charge in [0.2, 0.25) is 0 Å². The third-order valence-electron chi connectivity index (χ3n) is 3.35. The van der Waals surface area contributed by atoms with E-state index in [1.807, 2.05) is 52.1 Å². The Morgan fingerprint density at radius 2 is 1.67 bits per heavy atom. The van der Waals surface area contributed by atoms with E-state index in [1.165, 1.54) is 0 Å². The van der Waals surface area contributed by atoms with E-state index in [0.717, 1.165) is 12.2 Å². The molecule has 0 heterocycles. The molecule has 0 aliphatic heterocycles. The molecule has 0 saturated carbocycles. The van der Waals surface area contributed by atoms with E-state index in [9.17, 15) is 9.59 Å². The van der Waals surface area contributed by atoms with Gasteiger partial charge in [-0.2, -0.15) is 0 Å². The van der Waals surface area contributed by atoms with Gasteiger partial charge in [-0.15, -0.1) is 0 Å². The summed E-state index contributed by atoms with van der Waals surface area (Å²) in [6, 6.07) is 7.50. The highest BCUT2D eigenvalue weighted by Crippen LogP contribution is 2.13. The van der Waals surface area contributed by atoms with Gasteiger partial charge in [-0.1, -0.05) is 0 Å². The molecular formula is C18H29N3O3. The Hall–Kier alpha value is -2.24. The van der Waals surface area contributed by atoms with Crippen molar-refractivity contribution in [3.8, 4) is 0 Å². The maximum absolute atomic E-state index is 12.0. The number of benzene rings is 1. The van der Waals surface area contributed by atoms with Crippen molar-refractivity contribution in [2.24, 2.45) is 0 Å². The largest absolute Gasteiger partial charge is 0.444 e. The number of nitrogens with one attached hydrogen (secondary N) is 2. The number of rotatable bonds is 7. The summed E-state index contributed by atoms with van der Waals surface area (Å²) in [6.45, 7) is 9.38. The topological polar surface area (TPSA) is 70.7 Å². The van der Waals surface area contributed by atoms with Crippen molar-refractivity contribution in [1.29, 1.82) is 0 Å². The average Bonchev–Trinajstić information content (AvgIpc) is 2.52. The lowest BCUT2D eigenvalue weighted by Crippen LogP contribution is -2.34. The summed E-state index contributed by atoms with van der Waals surface area (Å²) in [5, 5.41) is 5.50. The SMILES string of the molecule is CCN(C)c1ccc(C(=O)NCCCNC(=O)OC(C)(C)C)cc1. The monoisotopic (exact) mass is 335 g/mol. The lowest BCUT2D eigenvalue weighted by atomic mass is 10.2. The van der Waals surface area contributed by atoms with Crippen molar-refractivity contribution in [1.82, 2.24) is 10.6 Å². The van der Waals surface area contributed by atoms with Crippen molar-refractivity contribution < 1.29 is 14.3 Å². The first kappa shape index (κ1) is 19.8. The Morgan fingerprint density at radius 3 is 2.21 bits per heavy atom. The minimum Gasteiger partial charge on any atom is -0.444 e. The lowest BCUT2D eigenvalue weighted by Gasteiger charge is -2.19. The number of hydrogen-bond acceptors (Lipinski definition) is 4. The van der Waals surface area contributed by atoms with Crippen LogP contribution in [0, 0.1) is 0 Å². The van der Waals surface area contributed by atoms with Crippen LogP contribution < -0.4 is 15.5 Å². The number of hydrogen-bond donors (Lipinski definition) is 2. The molecule has 1 aromatic rings. The molecule has 134 valence electrons. The minimum atomic E-state index is -0.504. The highest BCUT2D eigenvalue weighted by Gasteiger charge is 2.15. The Balaban J connectivity index is 2.28. The van der Waals surface area contributed by atoms with E-state index in [4.69, 9.17) is 4.74 Å². The van der Waals surface area contributed by atoms with Crippen molar-refractivity contribution in [3.05, 3.63) is 29.8 Å². The van der Waals surface area contributed by atoms with Gasteiger partial charge in [0.05, 0.1) is 0 Å². The van der Waals surface area contributed by atoms with Crippen LogP contribution in [0.4, 0.5) is 10.5 Å². The molecule has 6 heteroatoms. The predicted octanol–water partition coefficient (Wildman–Crippen LogP) is 2.79. The van der Waals surface area contributed by atoms with Crippen molar-refractivity contribution in [2.45, 2.75) is 39.7 Å². The van der Waals surface area contributed by atoms with Gasteiger partial charge in [-0.3, -0.25) is 4.79 Å². The first-order valence-electron chi connectivity index (χ1n) is 8.29. The van der Waals surface area contributed by atoms with Gasteiger partial charge in [-0.05, 0) is 58.4 Å². The molecule has 0 radical (unpaired) electrons. The highest BCUT2D eigenvalue weighted by molar-refractivity contribution is 5.94. The second-order valence-corrected chi connectivity index (χ2v) is 6.60. The Bertz CT molecular complexity index is 535. The Kier molecular flexibility index (Phi) is 7.55. The normalized spacial score (nSPS) is 10.9. The number of amides is 2. The fourth-order valence-electron chi connectivity index (χ4n) is 1.95. The van der Waals surface area contributed by atoms with E-state index in [0.29, 0.717) is 25.1 Å². The predicted molar refractivity (Wildman–Crippen MR) is 96.6 cm³/mol. The van der Waals surface area contributed by atoms with Gasteiger partial charge in [0.15, 0.2) is 0 Å². The van der Waals surface area contributed by atoms with Crippen molar-refractivity contribution >= 4 is 17.7 Å². The van der Waals surface area contributed by atoms with Crippen LogP contribution in [0.2, 0.25) is 0 Å². The molecule has 1 rings (SSSR count). The summed E-state index contributed by atoms with van der Waals surface area (Å²) in [6.07, 6.45) is 0.200. The molecule has 2 amide bonds. The van der Waals surface area contributed by atoms with E-state index in [2.05, 4.69) is 22.5 Å². The fraction of sp³-hybridized carbons (Fsp3) is 0.556. The van der Waals surface area contributed by atoms with Crippen molar-refractivity contribution in [3.63, 3.8) is 0 Å². The molecule has 0 spiro atoms. The first-order valence-corrected chi connectivity index (χ1v) is 8.29. The van der Waals surface area contributed by atoms with Crippen molar-refractivity contribution in [2.75, 3.05) is 31.6 Å². The molecule has 0 aliphatic carbocycles. The van der Waals surface area contributed by atoms with Crippen LogP contribution in [0.3, 0.4) is 0 Å². The van der Waals surface area contributed by atoms with E-state index >= 15 is 0 Å². The van der Waals surface area contributed by atoms with Gasteiger partial charge in [-0.25, -0.2) is 4.79 Å². The van der Waals surface area contributed by atoms with Crippen LogP contribution in [-0.2, 0) is 4.74 Å². The minimum absolute atomic E-state index is 0.113. The van der Waals surface area contributed by atoms with Crippen LogP contribution in [0.15, 0.2) is 24.3 Å². The molecule has 0 bridgehead atoms. The molecular weight excluding hydrogens is 306 g/mol. The van der Waals surface area contributed by atoms with Crippen LogP contribution in [0.1, 0.15) is 44.5 Å². The maximum Gasteiger partial charge on any atom is 0.407 e. The zero-order valence-corrected chi connectivity index (χ0v) is 15.3. The Morgan fingerprint density at radius 1 is 1.08 bits per heavy atom. The molecule has 0 fully saturated rings. The second-order valence-electron chi connectivity index (χ2n) is 6.60. The number of carbonyl (C=O) groups excluding carboxylic acids is 2. The summed E-state index contributed by atoms with van der Waals surface area (Å²) in [4.78, 5) is 25.6.